The highest BCUT2D eigenvalue weighted by Gasteiger charge is 2.26. The Kier molecular flexibility index (Phi) is 7.15. The molecule has 0 aliphatic carbocycles. The van der Waals surface area contributed by atoms with E-state index < -0.39 is 0 Å². The van der Waals surface area contributed by atoms with Gasteiger partial charge in [-0.1, -0.05) is 54.6 Å². The first-order valence-electron chi connectivity index (χ1n) is 11.6. The van der Waals surface area contributed by atoms with Gasteiger partial charge in [0.15, 0.2) is 5.82 Å². The Morgan fingerprint density at radius 3 is 2.41 bits per heavy atom. The van der Waals surface area contributed by atoms with Gasteiger partial charge in [0.25, 0.3) is 0 Å². The van der Waals surface area contributed by atoms with Crippen LogP contribution in [0.1, 0.15) is 37.3 Å². The second-order valence-corrected chi connectivity index (χ2v) is 8.79. The Morgan fingerprint density at radius 1 is 1.00 bits per heavy atom. The maximum absolute atomic E-state index is 12.7. The lowest BCUT2D eigenvalue weighted by Crippen LogP contribution is -2.43. The molecule has 3 aromatic rings. The predicted molar refractivity (Wildman–Crippen MR) is 130 cm³/mol. The van der Waals surface area contributed by atoms with Gasteiger partial charge in [0.2, 0.25) is 5.91 Å². The van der Waals surface area contributed by atoms with E-state index in [1.54, 1.807) is 0 Å². The van der Waals surface area contributed by atoms with Gasteiger partial charge >= 0.3 is 0 Å². The summed E-state index contributed by atoms with van der Waals surface area (Å²) in [5.41, 5.74) is 4.52. The van der Waals surface area contributed by atoms with Crippen molar-refractivity contribution in [3.63, 3.8) is 0 Å². The van der Waals surface area contributed by atoms with E-state index in [4.69, 9.17) is 0 Å². The molecule has 0 spiro atoms. The topological polar surface area (TPSA) is 58.1 Å². The van der Waals surface area contributed by atoms with Crippen LogP contribution in [0.4, 0.5) is 5.82 Å². The Hall–Kier alpha value is -3.21. The number of hydrogen-bond acceptors (Lipinski definition) is 4. The normalized spacial score (nSPS) is 15.4. The summed E-state index contributed by atoms with van der Waals surface area (Å²) in [4.78, 5) is 15.0. The monoisotopic (exact) mass is 428 g/mol. The number of hydrogen-bond donors (Lipinski definition) is 1. The van der Waals surface area contributed by atoms with Gasteiger partial charge in [0, 0.05) is 30.6 Å². The molecule has 1 fully saturated rings. The molecule has 0 radical (unpaired) electrons. The lowest BCUT2D eigenvalue weighted by molar-refractivity contribution is -0.126. The van der Waals surface area contributed by atoms with E-state index >= 15 is 0 Å². The number of benzene rings is 2. The van der Waals surface area contributed by atoms with Gasteiger partial charge in [-0.05, 0) is 62.8 Å². The molecule has 0 saturated carbocycles. The maximum Gasteiger partial charge on any atom is 0.223 e. The zero-order valence-electron chi connectivity index (χ0n) is 19.0. The van der Waals surface area contributed by atoms with Gasteiger partial charge in [-0.25, -0.2) is 0 Å². The van der Waals surface area contributed by atoms with Crippen molar-refractivity contribution in [3.8, 4) is 11.3 Å². The minimum atomic E-state index is 0.0737. The first-order chi connectivity index (χ1) is 15.6. The number of piperidine rings is 1. The molecule has 5 nitrogen and oxygen atoms in total. The van der Waals surface area contributed by atoms with Crippen molar-refractivity contribution < 1.29 is 4.79 Å². The van der Waals surface area contributed by atoms with Crippen molar-refractivity contribution in [3.05, 3.63) is 77.9 Å². The summed E-state index contributed by atoms with van der Waals surface area (Å²) >= 11 is 0. The molecule has 2 heterocycles. The lowest BCUT2D eigenvalue weighted by atomic mass is 9.95. The highest BCUT2D eigenvalue weighted by atomic mass is 16.1. The van der Waals surface area contributed by atoms with Crippen LogP contribution in [-0.2, 0) is 11.2 Å². The third kappa shape index (κ3) is 5.52. The fourth-order valence-electron chi connectivity index (χ4n) is 4.33. The van der Waals surface area contributed by atoms with Crippen molar-refractivity contribution in [1.29, 1.82) is 0 Å². The third-order valence-electron chi connectivity index (χ3n) is 6.36. The van der Waals surface area contributed by atoms with Crippen molar-refractivity contribution in [2.45, 2.75) is 45.6 Å². The summed E-state index contributed by atoms with van der Waals surface area (Å²) in [6.07, 6.45) is 3.63. The molecule has 1 N–H and O–H groups in total. The molecule has 4 rings (SSSR count). The van der Waals surface area contributed by atoms with E-state index in [0.717, 1.165) is 55.8 Å². The average molecular weight is 429 g/mol. The molecule has 1 atom stereocenters. The third-order valence-corrected chi connectivity index (χ3v) is 6.36. The molecule has 1 aliphatic rings. The first-order valence-corrected chi connectivity index (χ1v) is 11.6. The predicted octanol–water partition coefficient (Wildman–Crippen LogP) is 4.81. The minimum absolute atomic E-state index is 0.0737. The summed E-state index contributed by atoms with van der Waals surface area (Å²) in [5.74, 6) is 1.15. The summed E-state index contributed by atoms with van der Waals surface area (Å²) in [6, 6.07) is 22.9. The Morgan fingerprint density at radius 2 is 1.72 bits per heavy atom. The van der Waals surface area contributed by atoms with E-state index in [0.29, 0.717) is 0 Å². The maximum atomic E-state index is 12.7. The van der Waals surface area contributed by atoms with Crippen LogP contribution >= 0.6 is 0 Å². The number of aryl methyl sites for hydroxylation is 2. The number of nitrogens with zero attached hydrogens (tertiary/aromatic N) is 3. The fraction of sp³-hybridized carbons (Fsp3) is 0.370. The Balaban J connectivity index is 1.25. The smallest absolute Gasteiger partial charge is 0.223 e. The molecule has 1 unspecified atom stereocenters. The molecule has 0 bridgehead atoms. The second kappa shape index (κ2) is 10.4. The van der Waals surface area contributed by atoms with Gasteiger partial charge in [0.05, 0.1) is 5.69 Å². The molecule has 166 valence electrons. The Labute approximate surface area is 190 Å². The number of carbonyl (C=O) groups excluding carboxylic acids is 1. The summed E-state index contributed by atoms with van der Waals surface area (Å²) in [7, 11) is 0. The number of anilines is 1. The van der Waals surface area contributed by atoms with E-state index in [1.807, 2.05) is 30.3 Å². The van der Waals surface area contributed by atoms with E-state index in [9.17, 15) is 4.79 Å². The van der Waals surface area contributed by atoms with Crippen LogP contribution < -0.4 is 10.2 Å². The van der Waals surface area contributed by atoms with Gasteiger partial charge in [-0.2, -0.15) is 0 Å². The van der Waals surface area contributed by atoms with Gasteiger partial charge < -0.3 is 10.2 Å². The van der Waals surface area contributed by atoms with E-state index in [-0.39, 0.29) is 17.9 Å². The molecular formula is C27H32N4O. The van der Waals surface area contributed by atoms with Gasteiger partial charge in [-0.3, -0.25) is 4.79 Å². The molecule has 1 aliphatic heterocycles. The number of amides is 1. The van der Waals surface area contributed by atoms with Gasteiger partial charge in [-0.15, -0.1) is 10.2 Å². The molecule has 2 aromatic carbocycles. The van der Waals surface area contributed by atoms with Crippen molar-refractivity contribution >= 4 is 11.7 Å². The quantitative estimate of drug-likeness (QED) is 0.587. The van der Waals surface area contributed by atoms with Gasteiger partial charge in [0.1, 0.15) is 0 Å². The lowest BCUT2D eigenvalue weighted by Gasteiger charge is -2.32. The standard InChI is InChI=1S/C27H32N4O/c1-20-8-6-7-11-24(20)25-14-15-26(30-29-25)31-18-16-23(17-19-31)27(32)28-21(2)12-13-22-9-4-3-5-10-22/h3-11,14-15,21,23H,12-13,16-19H2,1-2H3,(H,28,32). The molecular weight excluding hydrogens is 396 g/mol. The first kappa shape index (κ1) is 22.0. The minimum Gasteiger partial charge on any atom is -0.355 e. The van der Waals surface area contributed by atoms with Crippen molar-refractivity contribution in [2.24, 2.45) is 5.92 Å². The Bertz CT molecular complexity index is 1010. The SMILES string of the molecule is Cc1ccccc1-c1ccc(N2CCC(C(=O)NC(C)CCc3ccccc3)CC2)nn1. The number of rotatable bonds is 7. The van der Waals surface area contributed by atoms with Crippen LogP contribution in [0.5, 0.6) is 0 Å². The summed E-state index contributed by atoms with van der Waals surface area (Å²) < 4.78 is 0. The van der Waals surface area contributed by atoms with E-state index in [2.05, 4.69) is 70.7 Å². The fourth-order valence-corrected chi connectivity index (χ4v) is 4.33. The molecule has 5 heteroatoms. The van der Waals surface area contributed by atoms with Crippen LogP contribution in [0.3, 0.4) is 0 Å². The number of nitrogens with one attached hydrogen (secondary N) is 1. The molecule has 1 amide bonds. The largest absolute Gasteiger partial charge is 0.355 e. The zero-order chi connectivity index (χ0) is 22.3. The van der Waals surface area contributed by atoms with Crippen LogP contribution in [-0.4, -0.2) is 35.2 Å². The number of aromatic nitrogens is 2. The van der Waals surface area contributed by atoms with Crippen molar-refractivity contribution in [2.75, 3.05) is 18.0 Å². The zero-order valence-corrected chi connectivity index (χ0v) is 19.0. The van der Waals surface area contributed by atoms with Crippen LogP contribution in [0.15, 0.2) is 66.7 Å². The van der Waals surface area contributed by atoms with E-state index in [1.165, 1.54) is 11.1 Å². The summed E-state index contributed by atoms with van der Waals surface area (Å²) in [5, 5.41) is 12.1. The van der Waals surface area contributed by atoms with Crippen LogP contribution in [0.2, 0.25) is 0 Å². The van der Waals surface area contributed by atoms with Crippen molar-refractivity contribution in [1.82, 2.24) is 15.5 Å². The molecule has 1 aromatic heterocycles. The average Bonchev–Trinajstić information content (AvgIpc) is 2.84. The van der Waals surface area contributed by atoms with Crippen LogP contribution in [0.25, 0.3) is 11.3 Å². The molecule has 32 heavy (non-hydrogen) atoms. The highest BCUT2D eigenvalue weighted by Crippen LogP contribution is 2.25. The molecule has 1 saturated heterocycles. The highest BCUT2D eigenvalue weighted by molar-refractivity contribution is 5.79. The summed E-state index contributed by atoms with van der Waals surface area (Å²) in [6.45, 7) is 5.84. The second-order valence-electron chi connectivity index (χ2n) is 8.79. The number of carbonyl (C=O) groups is 1. The van der Waals surface area contributed by atoms with Crippen LogP contribution in [0, 0.1) is 12.8 Å².